The molecule has 0 aliphatic carbocycles. The molecule has 0 bridgehead atoms. The zero-order valence-electron chi connectivity index (χ0n) is 9.23. The molecule has 0 aliphatic rings. The van der Waals surface area contributed by atoms with Crippen LogP contribution in [0.15, 0.2) is 36.5 Å². The topological polar surface area (TPSA) is 59.1 Å². The number of aromatic hydroxyl groups is 1. The molecule has 1 heterocycles. The largest absolute Gasteiger partial charge is 0.506 e. The van der Waals surface area contributed by atoms with Crippen LogP contribution in [0.3, 0.4) is 0 Å². The molecule has 4 heteroatoms. The van der Waals surface area contributed by atoms with Crippen LogP contribution in [-0.4, -0.2) is 10.1 Å². The van der Waals surface area contributed by atoms with Gasteiger partial charge in [-0.1, -0.05) is 17.7 Å². The maximum Gasteiger partial charge on any atom is 0.141 e. The minimum absolute atomic E-state index is 0.116. The van der Waals surface area contributed by atoms with Crippen LogP contribution in [0.5, 0.6) is 5.75 Å². The second-order valence-corrected chi connectivity index (χ2v) is 4.26. The third kappa shape index (κ3) is 2.88. The van der Waals surface area contributed by atoms with Gasteiger partial charge in [0.25, 0.3) is 0 Å². The van der Waals surface area contributed by atoms with Gasteiger partial charge in [-0.15, -0.1) is 0 Å². The van der Waals surface area contributed by atoms with E-state index < -0.39 is 0 Å². The fourth-order valence-electron chi connectivity index (χ4n) is 1.68. The molecule has 17 heavy (non-hydrogen) atoms. The fourth-order valence-corrected chi connectivity index (χ4v) is 1.93. The number of halogens is 1. The van der Waals surface area contributed by atoms with Crippen molar-refractivity contribution >= 4 is 17.3 Å². The van der Waals surface area contributed by atoms with Gasteiger partial charge in [-0.05, 0) is 42.7 Å². The second kappa shape index (κ2) is 5.06. The van der Waals surface area contributed by atoms with Crippen molar-refractivity contribution in [1.82, 2.24) is 4.98 Å². The van der Waals surface area contributed by atoms with Gasteiger partial charge in [-0.25, -0.2) is 0 Å². The maximum absolute atomic E-state index is 9.80. The zero-order valence-corrected chi connectivity index (χ0v) is 9.98. The van der Waals surface area contributed by atoms with Gasteiger partial charge < -0.3 is 10.8 Å². The standard InChI is InChI=1S/C13H13ClN2O/c14-10-7-9(13(17)12(15)8-10)4-5-11-3-1-2-6-16-11/h1-3,6-8,17H,4-5,15H2. The lowest BCUT2D eigenvalue weighted by molar-refractivity contribution is 0.470. The highest BCUT2D eigenvalue weighted by atomic mass is 35.5. The van der Waals surface area contributed by atoms with Gasteiger partial charge in [0.05, 0.1) is 5.69 Å². The van der Waals surface area contributed by atoms with E-state index in [1.165, 1.54) is 0 Å². The van der Waals surface area contributed by atoms with E-state index in [1.54, 1.807) is 18.3 Å². The molecule has 0 aliphatic heterocycles. The highest BCUT2D eigenvalue weighted by molar-refractivity contribution is 6.31. The quantitative estimate of drug-likeness (QED) is 0.649. The molecule has 3 nitrogen and oxygen atoms in total. The lowest BCUT2D eigenvalue weighted by Gasteiger charge is -2.07. The highest BCUT2D eigenvalue weighted by Crippen LogP contribution is 2.29. The van der Waals surface area contributed by atoms with Crippen molar-refractivity contribution in [2.45, 2.75) is 12.8 Å². The molecule has 2 rings (SSSR count). The third-order valence-electron chi connectivity index (χ3n) is 2.56. The summed E-state index contributed by atoms with van der Waals surface area (Å²) in [4.78, 5) is 4.22. The monoisotopic (exact) mass is 248 g/mol. The average Bonchev–Trinajstić information content (AvgIpc) is 2.33. The fraction of sp³-hybridized carbons (Fsp3) is 0.154. The van der Waals surface area contributed by atoms with Crippen LogP contribution in [-0.2, 0) is 12.8 Å². The summed E-state index contributed by atoms with van der Waals surface area (Å²) in [6.07, 6.45) is 3.16. The molecular weight excluding hydrogens is 236 g/mol. The van der Waals surface area contributed by atoms with Crippen LogP contribution in [0, 0.1) is 0 Å². The number of aryl methyl sites for hydroxylation is 2. The lowest BCUT2D eigenvalue weighted by atomic mass is 10.1. The van der Waals surface area contributed by atoms with Crippen molar-refractivity contribution < 1.29 is 5.11 Å². The third-order valence-corrected chi connectivity index (χ3v) is 2.78. The van der Waals surface area contributed by atoms with Crippen LogP contribution in [0.4, 0.5) is 5.69 Å². The molecule has 0 amide bonds. The van der Waals surface area contributed by atoms with E-state index in [0.29, 0.717) is 17.1 Å². The number of phenols is 1. The number of phenolic OH excluding ortho intramolecular Hbond substituents is 1. The highest BCUT2D eigenvalue weighted by Gasteiger charge is 2.07. The van der Waals surface area contributed by atoms with Gasteiger partial charge in [0.2, 0.25) is 0 Å². The number of nitrogens with zero attached hydrogens (tertiary/aromatic N) is 1. The van der Waals surface area contributed by atoms with Crippen LogP contribution in [0.25, 0.3) is 0 Å². The Morgan fingerprint density at radius 1 is 1.24 bits per heavy atom. The Morgan fingerprint density at radius 2 is 2.06 bits per heavy atom. The molecule has 88 valence electrons. The first-order chi connectivity index (χ1) is 8.16. The van der Waals surface area contributed by atoms with Gasteiger partial charge >= 0.3 is 0 Å². The van der Waals surface area contributed by atoms with Gasteiger partial charge in [-0.3, -0.25) is 4.98 Å². The minimum Gasteiger partial charge on any atom is -0.506 e. The minimum atomic E-state index is 0.116. The summed E-state index contributed by atoms with van der Waals surface area (Å²) in [7, 11) is 0. The van der Waals surface area contributed by atoms with Gasteiger partial charge in [-0.2, -0.15) is 0 Å². The first-order valence-corrected chi connectivity index (χ1v) is 5.71. The van der Waals surface area contributed by atoms with E-state index in [1.807, 2.05) is 18.2 Å². The Kier molecular flexibility index (Phi) is 3.49. The Bertz CT molecular complexity index is 514. The van der Waals surface area contributed by atoms with Crippen LogP contribution in [0.2, 0.25) is 5.02 Å². The second-order valence-electron chi connectivity index (χ2n) is 3.82. The Balaban J connectivity index is 2.14. The number of nitrogen functional groups attached to an aromatic ring is 1. The summed E-state index contributed by atoms with van der Waals surface area (Å²) in [5.74, 6) is 0.116. The summed E-state index contributed by atoms with van der Waals surface area (Å²) >= 11 is 5.90. The SMILES string of the molecule is Nc1cc(Cl)cc(CCc2ccccn2)c1O. The maximum atomic E-state index is 9.80. The van der Waals surface area contributed by atoms with Crippen LogP contribution >= 0.6 is 11.6 Å². The number of hydrogen-bond donors (Lipinski definition) is 2. The predicted octanol–water partition coefficient (Wildman–Crippen LogP) is 2.81. The molecule has 1 aromatic carbocycles. The molecule has 2 aromatic rings. The Labute approximate surface area is 105 Å². The first kappa shape index (κ1) is 11.7. The summed E-state index contributed by atoms with van der Waals surface area (Å²) in [5.41, 5.74) is 7.68. The summed E-state index contributed by atoms with van der Waals surface area (Å²) in [6, 6.07) is 9.04. The molecule has 0 unspecified atom stereocenters. The van der Waals surface area contributed by atoms with Crippen LogP contribution in [0.1, 0.15) is 11.3 Å². The normalized spacial score (nSPS) is 10.4. The zero-order chi connectivity index (χ0) is 12.3. The summed E-state index contributed by atoms with van der Waals surface area (Å²) in [6.45, 7) is 0. The van der Waals surface area contributed by atoms with E-state index in [4.69, 9.17) is 17.3 Å². The van der Waals surface area contributed by atoms with E-state index >= 15 is 0 Å². The first-order valence-electron chi connectivity index (χ1n) is 5.33. The molecule has 0 saturated heterocycles. The molecule has 0 saturated carbocycles. The van der Waals surface area contributed by atoms with Crippen molar-refractivity contribution in [3.63, 3.8) is 0 Å². The Hall–Kier alpha value is -1.74. The number of pyridine rings is 1. The van der Waals surface area contributed by atoms with Gasteiger partial charge in [0.1, 0.15) is 5.75 Å². The number of aromatic nitrogens is 1. The summed E-state index contributed by atoms with van der Waals surface area (Å²) < 4.78 is 0. The molecular formula is C13H13ClN2O. The molecule has 0 spiro atoms. The predicted molar refractivity (Wildman–Crippen MR) is 69.2 cm³/mol. The molecule has 0 atom stereocenters. The van der Waals surface area contributed by atoms with Crippen molar-refractivity contribution in [3.8, 4) is 5.75 Å². The average molecular weight is 249 g/mol. The van der Waals surface area contributed by atoms with E-state index in [0.717, 1.165) is 17.7 Å². The number of benzene rings is 1. The lowest BCUT2D eigenvalue weighted by Crippen LogP contribution is -1.96. The van der Waals surface area contributed by atoms with Crippen molar-refractivity contribution in [3.05, 3.63) is 52.8 Å². The molecule has 0 radical (unpaired) electrons. The number of anilines is 1. The van der Waals surface area contributed by atoms with Crippen molar-refractivity contribution in [2.75, 3.05) is 5.73 Å². The number of hydrogen-bond acceptors (Lipinski definition) is 3. The summed E-state index contributed by atoms with van der Waals surface area (Å²) in [5, 5.41) is 10.3. The van der Waals surface area contributed by atoms with Gasteiger partial charge in [0.15, 0.2) is 0 Å². The number of rotatable bonds is 3. The molecule has 3 N–H and O–H groups in total. The smallest absolute Gasteiger partial charge is 0.141 e. The Morgan fingerprint density at radius 3 is 2.76 bits per heavy atom. The van der Waals surface area contributed by atoms with Crippen molar-refractivity contribution in [1.29, 1.82) is 0 Å². The molecule has 1 aromatic heterocycles. The van der Waals surface area contributed by atoms with Crippen LogP contribution < -0.4 is 5.73 Å². The van der Waals surface area contributed by atoms with E-state index in [2.05, 4.69) is 4.98 Å². The van der Waals surface area contributed by atoms with Gasteiger partial charge in [0, 0.05) is 16.9 Å². The molecule has 0 fully saturated rings. The van der Waals surface area contributed by atoms with E-state index in [-0.39, 0.29) is 5.75 Å². The number of nitrogens with two attached hydrogens (primary N) is 1. The van der Waals surface area contributed by atoms with Crippen molar-refractivity contribution in [2.24, 2.45) is 0 Å². The van der Waals surface area contributed by atoms with E-state index in [9.17, 15) is 5.11 Å².